The Morgan fingerprint density at radius 3 is 1.35 bits per heavy atom. The van der Waals surface area contributed by atoms with Crippen LogP contribution < -0.4 is 0 Å². The number of carboxylic acids is 2. The topological polar surface area (TPSA) is 74.6 Å². The number of aliphatic carboxylic acids is 2. The van der Waals surface area contributed by atoms with E-state index < -0.39 is 11.9 Å². The molecule has 0 amide bonds. The lowest BCUT2D eigenvalue weighted by atomic mass is 9.97. The lowest BCUT2D eigenvalue weighted by Crippen LogP contribution is -2.11. The summed E-state index contributed by atoms with van der Waals surface area (Å²) in [5.74, 6) is -2.16. The van der Waals surface area contributed by atoms with Crippen molar-refractivity contribution in [2.24, 2.45) is 0 Å². The standard InChI is InChI=1S/C19H34O4/c1-3-5-6-7-8-9-10-11-12-13-15-17(19(22)23)16(14-4-2)18(20)21/h3-15H2,1-2H3,(H,20,21)(H,22,23). The maximum Gasteiger partial charge on any atom is 0.332 e. The van der Waals surface area contributed by atoms with Crippen LogP contribution in [0.15, 0.2) is 11.1 Å². The largest absolute Gasteiger partial charge is 0.478 e. The summed E-state index contributed by atoms with van der Waals surface area (Å²) in [6, 6.07) is 0. The molecular formula is C19H34O4. The van der Waals surface area contributed by atoms with Gasteiger partial charge in [-0.05, 0) is 19.3 Å². The molecule has 0 aromatic carbocycles. The molecule has 0 atom stereocenters. The fraction of sp³-hybridized carbons (Fsp3) is 0.789. The van der Waals surface area contributed by atoms with Crippen LogP contribution in [0.2, 0.25) is 0 Å². The van der Waals surface area contributed by atoms with Gasteiger partial charge in [-0.1, -0.05) is 78.1 Å². The Morgan fingerprint density at radius 2 is 0.957 bits per heavy atom. The molecular weight excluding hydrogens is 292 g/mol. The van der Waals surface area contributed by atoms with Crippen molar-refractivity contribution in [3.63, 3.8) is 0 Å². The number of hydrogen-bond donors (Lipinski definition) is 2. The number of unbranched alkanes of at least 4 members (excludes halogenated alkanes) is 9. The minimum absolute atomic E-state index is 0.0796. The van der Waals surface area contributed by atoms with Crippen LogP contribution in [0, 0.1) is 0 Å². The fourth-order valence-corrected chi connectivity index (χ4v) is 2.81. The zero-order valence-electron chi connectivity index (χ0n) is 14.9. The molecule has 0 heterocycles. The molecule has 134 valence electrons. The summed E-state index contributed by atoms with van der Waals surface area (Å²) < 4.78 is 0. The molecule has 0 aliphatic carbocycles. The average molecular weight is 326 g/mol. The van der Waals surface area contributed by atoms with E-state index in [9.17, 15) is 14.7 Å². The van der Waals surface area contributed by atoms with Crippen LogP contribution in [-0.4, -0.2) is 22.2 Å². The van der Waals surface area contributed by atoms with Gasteiger partial charge in [0.1, 0.15) is 0 Å². The average Bonchev–Trinajstić information content (AvgIpc) is 2.50. The molecule has 23 heavy (non-hydrogen) atoms. The van der Waals surface area contributed by atoms with Crippen LogP contribution in [0.25, 0.3) is 0 Å². The van der Waals surface area contributed by atoms with Crippen molar-refractivity contribution in [2.45, 2.75) is 97.3 Å². The molecule has 0 aromatic rings. The summed E-state index contributed by atoms with van der Waals surface area (Å²) in [4.78, 5) is 22.5. The molecule has 0 saturated heterocycles. The van der Waals surface area contributed by atoms with Crippen LogP contribution in [0.5, 0.6) is 0 Å². The summed E-state index contributed by atoms with van der Waals surface area (Å²) in [7, 11) is 0. The van der Waals surface area contributed by atoms with E-state index in [-0.39, 0.29) is 11.1 Å². The van der Waals surface area contributed by atoms with Crippen LogP contribution in [0.3, 0.4) is 0 Å². The second kappa shape index (κ2) is 14.3. The van der Waals surface area contributed by atoms with E-state index in [4.69, 9.17) is 5.11 Å². The molecule has 0 fully saturated rings. The van der Waals surface area contributed by atoms with Gasteiger partial charge < -0.3 is 10.2 Å². The summed E-state index contributed by atoms with van der Waals surface area (Å²) in [6.07, 6.45) is 13.2. The van der Waals surface area contributed by atoms with Gasteiger partial charge in [-0.25, -0.2) is 9.59 Å². The lowest BCUT2D eigenvalue weighted by molar-refractivity contribution is -0.136. The minimum atomic E-state index is -1.09. The summed E-state index contributed by atoms with van der Waals surface area (Å²) in [5.41, 5.74) is 0.176. The molecule has 0 bridgehead atoms. The summed E-state index contributed by atoms with van der Waals surface area (Å²) in [5, 5.41) is 18.4. The Kier molecular flexibility index (Phi) is 13.5. The van der Waals surface area contributed by atoms with Gasteiger partial charge in [-0.3, -0.25) is 0 Å². The van der Waals surface area contributed by atoms with Crippen molar-refractivity contribution in [1.82, 2.24) is 0 Å². The Balaban J connectivity index is 4.00. The van der Waals surface area contributed by atoms with Gasteiger partial charge in [0.05, 0.1) is 0 Å². The third-order valence-electron chi connectivity index (χ3n) is 4.16. The number of carboxylic acid groups (broad SMARTS) is 2. The van der Waals surface area contributed by atoms with E-state index in [0.717, 1.165) is 19.3 Å². The first-order valence-corrected chi connectivity index (χ1v) is 9.23. The van der Waals surface area contributed by atoms with Gasteiger partial charge in [0, 0.05) is 11.1 Å². The van der Waals surface area contributed by atoms with E-state index in [1.165, 1.54) is 44.9 Å². The van der Waals surface area contributed by atoms with Crippen molar-refractivity contribution in [3.8, 4) is 0 Å². The van der Waals surface area contributed by atoms with Gasteiger partial charge in [-0.2, -0.15) is 0 Å². The van der Waals surface area contributed by atoms with E-state index in [1.807, 2.05) is 6.92 Å². The second-order valence-electron chi connectivity index (χ2n) is 6.25. The van der Waals surface area contributed by atoms with Gasteiger partial charge in [0.25, 0.3) is 0 Å². The smallest absolute Gasteiger partial charge is 0.332 e. The van der Waals surface area contributed by atoms with Crippen molar-refractivity contribution in [1.29, 1.82) is 0 Å². The Hall–Kier alpha value is -1.32. The second-order valence-corrected chi connectivity index (χ2v) is 6.25. The highest BCUT2D eigenvalue weighted by Crippen LogP contribution is 2.19. The first-order valence-electron chi connectivity index (χ1n) is 9.23. The lowest BCUT2D eigenvalue weighted by Gasteiger charge is -2.08. The van der Waals surface area contributed by atoms with E-state index in [0.29, 0.717) is 19.3 Å². The van der Waals surface area contributed by atoms with Crippen LogP contribution in [-0.2, 0) is 9.59 Å². The summed E-state index contributed by atoms with van der Waals surface area (Å²) in [6.45, 7) is 4.08. The van der Waals surface area contributed by atoms with Gasteiger partial charge >= 0.3 is 11.9 Å². The number of carbonyl (C=O) groups is 2. The highest BCUT2D eigenvalue weighted by Gasteiger charge is 2.18. The quantitative estimate of drug-likeness (QED) is 0.305. The Bertz CT molecular complexity index is 372. The molecule has 0 aliphatic heterocycles. The molecule has 4 nitrogen and oxygen atoms in total. The first-order chi connectivity index (χ1) is 11.0. The predicted octanol–water partition coefficient (Wildman–Crippen LogP) is 5.56. The third kappa shape index (κ3) is 10.9. The molecule has 2 N–H and O–H groups in total. The molecule has 0 spiro atoms. The van der Waals surface area contributed by atoms with Crippen molar-refractivity contribution < 1.29 is 19.8 Å². The normalized spacial score (nSPS) is 12.1. The van der Waals surface area contributed by atoms with Crippen molar-refractivity contribution in [2.75, 3.05) is 0 Å². The predicted molar refractivity (Wildman–Crippen MR) is 93.7 cm³/mol. The van der Waals surface area contributed by atoms with Crippen LogP contribution in [0.4, 0.5) is 0 Å². The van der Waals surface area contributed by atoms with Crippen molar-refractivity contribution >= 4 is 11.9 Å². The third-order valence-corrected chi connectivity index (χ3v) is 4.16. The zero-order valence-corrected chi connectivity index (χ0v) is 14.9. The van der Waals surface area contributed by atoms with Gasteiger partial charge in [0.15, 0.2) is 0 Å². The molecule has 0 radical (unpaired) electrons. The molecule has 0 aromatic heterocycles. The maximum atomic E-state index is 11.3. The van der Waals surface area contributed by atoms with E-state index >= 15 is 0 Å². The van der Waals surface area contributed by atoms with Crippen molar-refractivity contribution in [3.05, 3.63) is 11.1 Å². The fourth-order valence-electron chi connectivity index (χ4n) is 2.81. The van der Waals surface area contributed by atoms with Crippen LogP contribution >= 0.6 is 0 Å². The van der Waals surface area contributed by atoms with Crippen LogP contribution in [0.1, 0.15) is 97.3 Å². The highest BCUT2D eigenvalue weighted by molar-refractivity contribution is 5.98. The monoisotopic (exact) mass is 326 g/mol. The number of rotatable bonds is 15. The molecule has 0 rings (SSSR count). The van der Waals surface area contributed by atoms with E-state index in [2.05, 4.69) is 6.92 Å². The molecule has 0 aliphatic rings. The van der Waals surface area contributed by atoms with Gasteiger partial charge in [-0.15, -0.1) is 0 Å². The maximum absolute atomic E-state index is 11.3. The molecule has 0 unspecified atom stereocenters. The SMILES string of the molecule is CCCCCCCCCCCCC(C(=O)O)=C(CCC)C(=O)O. The highest BCUT2D eigenvalue weighted by atomic mass is 16.4. The van der Waals surface area contributed by atoms with E-state index in [1.54, 1.807) is 0 Å². The Morgan fingerprint density at radius 1 is 0.565 bits per heavy atom. The minimum Gasteiger partial charge on any atom is -0.478 e. The summed E-state index contributed by atoms with van der Waals surface area (Å²) >= 11 is 0. The van der Waals surface area contributed by atoms with Gasteiger partial charge in [0.2, 0.25) is 0 Å². The molecule has 4 heteroatoms. The Labute approximate surface area is 141 Å². The molecule has 0 saturated carbocycles. The zero-order chi connectivity index (χ0) is 17.5. The number of hydrogen-bond acceptors (Lipinski definition) is 2. The first kappa shape index (κ1) is 21.7.